The number of quaternary nitrogens is 1. The average molecular weight is 643 g/mol. The molecule has 0 aromatic carbocycles. The van der Waals surface area contributed by atoms with Crippen molar-refractivity contribution in [1.82, 2.24) is 0 Å². The molecule has 0 aliphatic rings. The quantitative estimate of drug-likeness (QED) is 0.0517. The number of carbonyl (C=O) groups is 2. The van der Waals surface area contributed by atoms with Gasteiger partial charge in [0.25, 0.3) is 0 Å². The highest BCUT2D eigenvalue weighted by Crippen LogP contribution is 2.20. The van der Waals surface area contributed by atoms with Crippen LogP contribution < -0.4 is 12.4 Å². The van der Waals surface area contributed by atoms with E-state index in [-0.39, 0.29) is 28.7 Å². The van der Waals surface area contributed by atoms with Crippen molar-refractivity contribution >= 4 is 11.8 Å². The number of hydrogen-bond acceptors (Lipinski definition) is 2. The van der Waals surface area contributed by atoms with Gasteiger partial charge in [-0.1, -0.05) is 194 Å². The van der Waals surface area contributed by atoms with E-state index < -0.39 is 0 Å². The minimum atomic E-state index is 0. The van der Waals surface area contributed by atoms with E-state index in [1.165, 1.54) is 167 Å². The molecule has 0 unspecified atom stereocenters. The lowest BCUT2D eigenvalue weighted by Crippen LogP contribution is -3.00. The van der Waals surface area contributed by atoms with Gasteiger partial charge in [-0.15, -0.1) is 0 Å². The third-order valence-electron chi connectivity index (χ3n) is 10.0. The molecule has 0 saturated heterocycles. The van der Waals surface area contributed by atoms with Crippen LogP contribution in [-0.4, -0.2) is 29.4 Å². The number of imide groups is 1. The van der Waals surface area contributed by atoms with Gasteiger partial charge in [0.05, 0.1) is 25.9 Å². The van der Waals surface area contributed by atoms with E-state index in [0.717, 1.165) is 25.7 Å². The molecular weight excluding hydrogens is 562 g/mol. The van der Waals surface area contributed by atoms with Crippen LogP contribution in [0.4, 0.5) is 0 Å². The largest absolute Gasteiger partial charge is 1.00 e. The summed E-state index contributed by atoms with van der Waals surface area (Å²) < 4.78 is 0.0806. The van der Waals surface area contributed by atoms with Crippen molar-refractivity contribution in [2.45, 2.75) is 233 Å². The van der Waals surface area contributed by atoms with Gasteiger partial charge in [-0.3, -0.25) is 0 Å². The van der Waals surface area contributed by atoms with Crippen LogP contribution in [-0.2, 0) is 9.59 Å². The standard InChI is InChI=1S/C40H80NO2.ClH/c1-5-9-11-13-15-17-19-21-23-25-27-29-31-33-35-37-39(42)41(7-3,8-4)40(43)38-36-34-32-30-28-26-24-22-20-18-16-14-12-10-6-2;/h5-38H2,1-4H3;1H/q+1;/p-1. The summed E-state index contributed by atoms with van der Waals surface area (Å²) in [5, 5.41) is 0. The zero-order valence-electron chi connectivity index (χ0n) is 30.7. The van der Waals surface area contributed by atoms with Gasteiger partial charge in [-0.05, 0) is 26.7 Å². The van der Waals surface area contributed by atoms with Crippen LogP contribution in [0.3, 0.4) is 0 Å². The minimum Gasteiger partial charge on any atom is -1.00 e. The predicted octanol–water partition coefficient (Wildman–Crippen LogP) is 10.4. The third kappa shape index (κ3) is 25.7. The van der Waals surface area contributed by atoms with Gasteiger partial charge < -0.3 is 12.4 Å². The molecule has 0 atom stereocenters. The molecule has 0 radical (unpaired) electrons. The van der Waals surface area contributed by atoms with Gasteiger partial charge >= 0.3 is 11.8 Å². The summed E-state index contributed by atoms with van der Waals surface area (Å²) in [6, 6.07) is 0. The Morgan fingerprint density at radius 1 is 0.318 bits per heavy atom. The molecule has 264 valence electrons. The summed E-state index contributed by atoms with van der Waals surface area (Å²) in [5.41, 5.74) is 0. The number of halogens is 1. The average Bonchev–Trinajstić information content (AvgIpc) is 3.01. The summed E-state index contributed by atoms with van der Waals surface area (Å²) >= 11 is 0. The fourth-order valence-corrected chi connectivity index (χ4v) is 6.79. The fraction of sp³-hybridized carbons (Fsp3) is 0.950. The minimum absolute atomic E-state index is 0. The van der Waals surface area contributed by atoms with Crippen LogP contribution in [0.2, 0.25) is 0 Å². The summed E-state index contributed by atoms with van der Waals surface area (Å²) in [4.78, 5) is 26.4. The van der Waals surface area contributed by atoms with Crippen molar-refractivity contribution in [3.8, 4) is 0 Å². The fourth-order valence-electron chi connectivity index (χ4n) is 6.79. The van der Waals surface area contributed by atoms with Gasteiger partial charge in [0.2, 0.25) is 0 Å². The Bertz CT molecular complexity index is 556. The molecule has 2 amide bonds. The molecule has 0 aromatic rings. The molecule has 4 heteroatoms. The zero-order chi connectivity index (χ0) is 31.7. The molecule has 0 aromatic heterocycles. The molecule has 0 saturated carbocycles. The first kappa shape index (κ1) is 45.7. The Hall–Kier alpha value is -0.410. The van der Waals surface area contributed by atoms with E-state index in [2.05, 4.69) is 13.8 Å². The monoisotopic (exact) mass is 642 g/mol. The summed E-state index contributed by atoms with van der Waals surface area (Å²) in [6.07, 6.45) is 41.1. The number of nitrogens with zero attached hydrogens (tertiary/aromatic N) is 1. The molecule has 3 nitrogen and oxygen atoms in total. The van der Waals surface area contributed by atoms with Crippen LogP contribution in [0.5, 0.6) is 0 Å². The zero-order valence-corrected chi connectivity index (χ0v) is 31.4. The molecule has 0 fully saturated rings. The molecule has 0 rings (SSSR count). The highest BCUT2D eigenvalue weighted by Gasteiger charge is 2.39. The van der Waals surface area contributed by atoms with E-state index in [1.807, 2.05) is 13.8 Å². The van der Waals surface area contributed by atoms with Crippen molar-refractivity contribution in [1.29, 1.82) is 0 Å². The number of amides is 2. The second-order valence-corrected chi connectivity index (χ2v) is 13.8. The SMILES string of the molecule is CCCCCCCCCCCCCCCCCC(=O)[N+](CC)(CC)C(=O)CCCCCCCCCCCCCCCCC.[Cl-]. The van der Waals surface area contributed by atoms with E-state index in [0.29, 0.717) is 25.9 Å². The van der Waals surface area contributed by atoms with Crippen LogP contribution in [0.1, 0.15) is 233 Å². The van der Waals surface area contributed by atoms with E-state index in [4.69, 9.17) is 0 Å². The third-order valence-corrected chi connectivity index (χ3v) is 10.0. The van der Waals surface area contributed by atoms with Crippen molar-refractivity contribution < 1.29 is 26.5 Å². The first-order chi connectivity index (χ1) is 21.1. The Morgan fingerprint density at radius 2 is 0.500 bits per heavy atom. The molecule has 0 aliphatic heterocycles. The van der Waals surface area contributed by atoms with E-state index >= 15 is 0 Å². The van der Waals surface area contributed by atoms with Crippen LogP contribution in [0.25, 0.3) is 0 Å². The van der Waals surface area contributed by atoms with Gasteiger partial charge in [-0.2, -0.15) is 4.48 Å². The Kier molecular flexibility index (Phi) is 36.8. The lowest BCUT2D eigenvalue weighted by atomic mass is 10.0. The topological polar surface area (TPSA) is 34.1 Å². The van der Waals surface area contributed by atoms with Gasteiger partial charge in [0, 0.05) is 0 Å². The molecule has 0 spiro atoms. The van der Waals surface area contributed by atoms with Gasteiger partial charge in [-0.25, -0.2) is 9.59 Å². The van der Waals surface area contributed by atoms with Crippen LogP contribution in [0.15, 0.2) is 0 Å². The Labute approximate surface area is 283 Å². The predicted molar refractivity (Wildman–Crippen MR) is 190 cm³/mol. The van der Waals surface area contributed by atoms with Crippen molar-refractivity contribution in [2.75, 3.05) is 13.1 Å². The van der Waals surface area contributed by atoms with Crippen molar-refractivity contribution in [3.05, 3.63) is 0 Å². The van der Waals surface area contributed by atoms with Gasteiger partial charge in [0.15, 0.2) is 0 Å². The maximum atomic E-state index is 13.2. The van der Waals surface area contributed by atoms with Crippen molar-refractivity contribution in [3.63, 3.8) is 0 Å². The second-order valence-electron chi connectivity index (χ2n) is 13.8. The number of unbranched alkanes of at least 4 members (excludes halogenated alkanes) is 28. The maximum absolute atomic E-state index is 13.2. The lowest BCUT2D eigenvalue weighted by Gasteiger charge is -2.31. The molecular formula is C40H80ClNO2. The highest BCUT2D eigenvalue weighted by molar-refractivity contribution is 5.84. The second kappa shape index (κ2) is 35.4. The van der Waals surface area contributed by atoms with Crippen LogP contribution >= 0.6 is 0 Å². The number of carbonyl (C=O) groups excluding carboxylic acids is 2. The normalized spacial score (nSPS) is 11.5. The smallest absolute Gasteiger partial charge is 0.321 e. The van der Waals surface area contributed by atoms with Crippen LogP contribution in [0, 0.1) is 0 Å². The molecule has 0 N–H and O–H groups in total. The van der Waals surface area contributed by atoms with Gasteiger partial charge in [0.1, 0.15) is 0 Å². The maximum Gasteiger partial charge on any atom is 0.321 e. The Morgan fingerprint density at radius 3 is 0.682 bits per heavy atom. The van der Waals surface area contributed by atoms with E-state index in [9.17, 15) is 9.59 Å². The summed E-state index contributed by atoms with van der Waals surface area (Å²) in [7, 11) is 0. The number of hydrogen-bond donors (Lipinski definition) is 0. The molecule has 0 heterocycles. The summed E-state index contributed by atoms with van der Waals surface area (Å²) in [5.74, 6) is 0.344. The first-order valence-corrected chi connectivity index (χ1v) is 20.0. The summed E-state index contributed by atoms with van der Waals surface area (Å²) in [6.45, 7) is 9.86. The van der Waals surface area contributed by atoms with Crippen molar-refractivity contribution in [2.24, 2.45) is 0 Å². The Balaban J connectivity index is 0. The first-order valence-electron chi connectivity index (χ1n) is 20.0. The lowest BCUT2D eigenvalue weighted by molar-refractivity contribution is -0.776. The molecule has 0 aliphatic carbocycles. The highest BCUT2D eigenvalue weighted by atomic mass is 35.5. The van der Waals surface area contributed by atoms with E-state index in [1.54, 1.807) is 0 Å². The molecule has 0 bridgehead atoms. The molecule has 44 heavy (non-hydrogen) atoms. The number of rotatable bonds is 34.